The molecule has 0 saturated heterocycles. The molecule has 84 valence electrons. The van der Waals surface area contributed by atoms with Crippen LogP contribution in [0.3, 0.4) is 0 Å². The Morgan fingerprint density at radius 3 is 2.20 bits per heavy atom. The smallest absolute Gasteiger partial charge is 0.300 e. The van der Waals surface area contributed by atoms with Gasteiger partial charge in [-0.15, -0.1) is 0 Å². The number of carboxylic acids is 1. The van der Waals surface area contributed by atoms with Gasteiger partial charge in [0.15, 0.2) is 0 Å². The molecule has 0 aliphatic rings. The van der Waals surface area contributed by atoms with Gasteiger partial charge in [0.25, 0.3) is 5.97 Å². The predicted molar refractivity (Wildman–Crippen MR) is 59.8 cm³/mol. The third-order valence-electron chi connectivity index (χ3n) is 1.72. The van der Waals surface area contributed by atoms with Gasteiger partial charge in [0, 0.05) is 13.5 Å². The zero-order valence-corrected chi connectivity index (χ0v) is 9.02. The Morgan fingerprint density at radius 2 is 1.73 bits per heavy atom. The first-order valence-corrected chi connectivity index (χ1v) is 5.01. The third kappa shape index (κ3) is 10.6. The summed E-state index contributed by atoms with van der Waals surface area (Å²) in [5.41, 5.74) is 1.36. The molecule has 0 heterocycles. The average molecular weight is 210 g/mol. The van der Waals surface area contributed by atoms with Crippen molar-refractivity contribution < 1.29 is 15.0 Å². The summed E-state index contributed by atoms with van der Waals surface area (Å²) in [7, 11) is 0. The fraction of sp³-hybridized carbons (Fsp3) is 0.417. The van der Waals surface area contributed by atoms with E-state index in [0.29, 0.717) is 6.61 Å². The minimum Gasteiger partial charge on any atom is -0.481 e. The van der Waals surface area contributed by atoms with Crippen LogP contribution in [0.4, 0.5) is 0 Å². The number of hydrogen-bond donors (Lipinski definition) is 2. The van der Waals surface area contributed by atoms with Crippen LogP contribution < -0.4 is 0 Å². The van der Waals surface area contributed by atoms with E-state index in [1.165, 1.54) is 5.56 Å². The van der Waals surface area contributed by atoms with Crippen LogP contribution in [0.1, 0.15) is 25.3 Å². The second-order valence-electron chi connectivity index (χ2n) is 3.19. The number of aliphatic hydroxyl groups is 1. The Hall–Kier alpha value is -1.35. The van der Waals surface area contributed by atoms with Gasteiger partial charge in [0.05, 0.1) is 0 Å². The van der Waals surface area contributed by atoms with Crippen molar-refractivity contribution in [1.82, 2.24) is 0 Å². The molecule has 1 aromatic rings. The molecular formula is C12H18O3. The second kappa shape index (κ2) is 9.21. The van der Waals surface area contributed by atoms with Gasteiger partial charge in [-0.2, -0.15) is 0 Å². The van der Waals surface area contributed by atoms with Crippen molar-refractivity contribution in [2.75, 3.05) is 6.61 Å². The van der Waals surface area contributed by atoms with Crippen LogP contribution in [0.5, 0.6) is 0 Å². The fourth-order valence-corrected chi connectivity index (χ4v) is 1.09. The highest BCUT2D eigenvalue weighted by Gasteiger charge is 1.89. The average Bonchev–Trinajstić information content (AvgIpc) is 2.19. The summed E-state index contributed by atoms with van der Waals surface area (Å²) in [6.45, 7) is 1.40. The minimum absolute atomic E-state index is 0.312. The lowest BCUT2D eigenvalue weighted by Gasteiger charge is -1.97. The lowest BCUT2D eigenvalue weighted by Crippen LogP contribution is -1.87. The molecule has 0 bridgehead atoms. The molecule has 15 heavy (non-hydrogen) atoms. The highest BCUT2D eigenvalue weighted by Crippen LogP contribution is 2.03. The lowest BCUT2D eigenvalue weighted by molar-refractivity contribution is -0.134. The van der Waals surface area contributed by atoms with Crippen molar-refractivity contribution in [2.24, 2.45) is 0 Å². The van der Waals surface area contributed by atoms with E-state index >= 15 is 0 Å². The summed E-state index contributed by atoms with van der Waals surface area (Å²) in [4.78, 5) is 9.00. The zero-order valence-electron chi connectivity index (χ0n) is 9.02. The monoisotopic (exact) mass is 210 g/mol. The van der Waals surface area contributed by atoms with Crippen LogP contribution in [0.25, 0.3) is 0 Å². The van der Waals surface area contributed by atoms with Crippen LogP contribution in [0, 0.1) is 0 Å². The first kappa shape index (κ1) is 13.7. The van der Waals surface area contributed by atoms with E-state index in [4.69, 9.17) is 15.0 Å². The summed E-state index contributed by atoms with van der Waals surface area (Å²) in [6, 6.07) is 10.4. The van der Waals surface area contributed by atoms with Crippen LogP contribution in [0.2, 0.25) is 0 Å². The van der Waals surface area contributed by atoms with Crippen molar-refractivity contribution in [3.8, 4) is 0 Å². The molecule has 0 aliphatic heterocycles. The first-order chi connectivity index (χ1) is 7.16. The van der Waals surface area contributed by atoms with Crippen LogP contribution in [-0.4, -0.2) is 22.8 Å². The number of carbonyl (C=O) groups is 1. The van der Waals surface area contributed by atoms with E-state index in [-0.39, 0.29) is 0 Å². The Morgan fingerprint density at radius 1 is 1.20 bits per heavy atom. The quantitative estimate of drug-likeness (QED) is 0.748. The molecule has 1 rings (SSSR count). The summed E-state index contributed by atoms with van der Waals surface area (Å²) < 4.78 is 0. The van der Waals surface area contributed by atoms with Gasteiger partial charge < -0.3 is 10.2 Å². The Labute approximate surface area is 90.4 Å². The Bertz CT molecular complexity index is 253. The molecule has 0 atom stereocenters. The molecule has 0 saturated carbocycles. The van der Waals surface area contributed by atoms with Crippen LogP contribution >= 0.6 is 0 Å². The Kier molecular flexibility index (Phi) is 8.39. The number of hydrogen-bond acceptors (Lipinski definition) is 2. The molecule has 0 aliphatic carbocycles. The second-order valence-corrected chi connectivity index (χ2v) is 3.19. The van der Waals surface area contributed by atoms with E-state index in [0.717, 1.165) is 26.2 Å². The highest BCUT2D eigenvalue weighted by molar-refractivity contribution is 5.62. The number of benzene rings is 1. The minimum atomic E-state index is -0.833. The van der Waals surface area contributed by atoms with Gasteiger partial charge in [-0.3, -0.25) is 4.79 Å². The van der Waals surface area contributed by atoms with Gasteiger partial charge in [-0.05, 0) is 24.8 Å². The highest BCUT2D eigenvalue weighted by atomic mass is 16.4. The first-order valence-electron chi connectivity index (χ1n) is 5.01. The van der Waals surface area contributed by atoms with E-state index < -0.39 is 5.97 Å². The zero-order chi connectivity index (χ0) is 11.5. The number of aryl methyl sites for hydroxylation is 1. The molecule has 0 amide bonds. The lowest BCUT2D eigenvalue weighted by atomic mass is 10.1. The van der Waals surface area contributed by atoms with Crippen molar-refractivity contribution in [3.05, 3.63) is 35.9 Å². The summed E-state index contributed by atoms with van der Waals surface area (Å²) in [5.74, 6) is -0.833. The molecule has 2 N–H and O–H groups in total. The van der Waals surface area contributed by atoms with Gasteiger partial charge in [0.2, 0.25) is 0 Å². The molecular weight excluding hydrogens is 192 g/mol. The molecule has 3 heteroatoms. The topological polar surface area (TPSA) is 57.5 Å². The largest absolute Gasteiger partial charge is 0.481 e. The molecule has 0 spiro atoms. The van der Waals surface area contributed by atoms with Crippen LogP contribution in [0.15, 0.2) is 30.3 Å². The standard InChI is InChI=1S/C10H14O.C2H4O2/c11-9-5-4-8-10-6-2-1-3-7-10;1-2(3)4/h1-3,6-7,11H,4-5,8-9H2;1H3,(H,3,4). The fourth-order valence-electron chi connectivity index (χ4n) is 1.09. The van der Waals surface area contributed by atoms with E-state index in [1.807, 2.05) is 18.2 Å². The van der Waals surface area contributed by atoms with Crippen molar-refractivity contribution >= 4 is 5.97 Å². The number of aliphatic carboxylic acids is 1. The molecule has 3 nitrogen and oxygen atoms in total. The Balaban J connectivity index is 0.000000423. The molecule has 0 aromatic heterocycles. The van der Waals surface area contributed by atoms with Crippen molar-refractivity contribution in [2.45, 2.75) is 26.2 Å². The van der Waals surface area contributed by atoms with Crippen LogP contribution in [-0.2, 0) is 11.2 Å². The van der Waals surface area contributed by atoms with Gasteiger partial charge in [0.1, 0.15) is 0 Å². The van der Waals surface area contributed by atoms with E-state index in [9.17, 15) is 0 Å². The van der Waals surface area contributed by atoms with Gasteiger partial charge in [-0.25, -0.2) is 0 Å². The molecule has 0 radical (unpaired) electrons. The summed E-state index contributed by atoms with van der Waals surface area (Å²) in [6.07, 6.45) is 3.08. The van der Waals surface area contributed by atoms with Gasteiger partial charge in [-0.1, -0.05) is 30.3 Å². The molecule has 0 unspecified atom stereocenters. The number of rotatable bonds is 4. The molecule has 1 aromatic carbocycles. The number of aliphatic hydroxyl groups excluding tert-OH is 1. The predicted octanol–water partition coefficient (Wildman–Crippen LogP) is 2.09. The molecule has 0 fully saturated rings. The van der Waals surface area contributed by atoms with Crippen molar-refractivity contribution in [3.63, 3.8) is 0 Å². The normalized spacial score (nSPS) is 8.93. The van der Waals surface area contributed by atoms with E-state index in [1.54, 1.807) is 0 Å². The van der Waals surface area contributed by atoms with Gasteiger partial charge >= 0.3 is 0 Å². The van der Waals surface area contributed by atoms with Crippen molar-refractivity contribution in [1.29, 1.82) is 0 Å². The SMILES string of the molecule is CC(=O)O.OCCCCc1ccccc1. The third-order valence-corrected chi connectivity index (χ3v) is 1.72. The summed E-state index contributed by atoms with van der Waals surface area (Å²) in [5, 5.41) is 16.0. The maximum Gasteiger partial charge on any atom is 0.300 e. The number of carboxylic acid groups (broad SMARTS) is 1. The van der Waals surface area contributed by atoms with E-state index in [2.05, 4.69) is 12.1 Å². The number of unbranched alkanes of at least 4 members (excludes halogenated alkanes) is 1. The maximum absolute atomic E-state index is 9.00. The maximum atomic E-state index is 9.00. The summed E-state index contributed by atoms with van der Waals surface area (Å²) >= 11 is 0.